The minimum Gasteiger partial charge on any atom is -0.507 e. The van der Waals surface area contributed by atoms with Gasteiger partial charge in [0.15, 0.2) is 0 Å². The number of benzene rings is 2. The third-order valence-corrected chi connectivity index (χ3v) is 6.23. The van der Waals surface area contributed by atoms with Crippen LogP contribution >= 0.6 is 0 Å². The fourth-order valence-electron chi connectivity index (χ4n) is 4.61. The third-order valence-electron chi connectivity index (χ3n) is 6.23. The van der Waals surface area contributed by atoms with Gasteiger partial charge in [-0.1, -0.05) is 31.9 Å². The maximum absolute atomic E-state index is 13.1. The number of amides is 1. The second-order valence-electron chi connectivity index (χ2n) is 8.29. The van der Waals surface area contributed by atoms with E-state index in [0.29, 0.717) is 23.7 Å². The van der Waals surface area contributed by atoms with Crippen molar-refractivity contribution >= 4 is 17.4 Å². The van der Waals surface area contributed by atoms with E-state index in [4.69, 9.17) is 9.47 Å². The molecule has 1 aliphatic heterocycles. The number of carbonyl (C=O) groups is 2. The molecule has 1 amide bonds. The summed E-state index contributed by atoms with van der Waals surface area (Å²) in [4.78, 5) is 27.9. The van der Waals surface area contributed by atoms with E-state index in [2.05, 4.69) is 0 Å². The highest BCUT2D eigenvalue weighted by Crippen LogP contribution is 2.43. The normalized spacial score (nSPS) is 20.7. The molecule has 32 heavy (non-hydrogen) atoms. The van der Waals surface area contributed by atoms with Crippen LogP contribution in [0.1, 0.15) is 56.2 Å². The Balaban J connectivity index is 1.77. The molecule has 0 aromatic heterocycles. The van der Waals surface area contributed by atoms with Crippen molar-refractivity contribution in [2.75, 3.05) is 13.7 Å². The largest absolute Gasteiger partial charge is 0.507 e. The molecule has 2 aliphatic rings. The number of ketones is 1. The highest BCUT2D eigenvalue weighted by molar-refractivity contribution is 6.46. The smallest absolute Gasteiger partial charge is 0.295 e. The zero-order valence-corrected chi connectivity index (χ0v) is 18.5. The van der Waals surface area contributed by atoms with Crippen LogP contribution in [0.4, 0.5) is 0 Å². The summed E-state index contributed by atoms with van der Waals surface area (Å²) in [5, 5.41) is 11.2. The Morgan fingerprint density at radius 3 is 2.22 bits per heavy atom. The molecule has 6 nitrogen and oxygen atoms in total. The van der Waals surface area contributed by atoms with Gasteiger partial charge in [-0.2, -0.15) is 0 Å². The average molecular weight is 436 g/mol. The summed E-state index contributed by atoms with van der Waals surface area (Å²) in [6.07, 6.45) is 4.69. The topological polar surface area (TPSA) is 76.1 Å². The van der Waals surface area contributed by atoms with Gasteiger partial charge in [-0.25, -0.2) is 0 Å². The van der Waals surface area contributed by atoms with Gasteiger partial charge >= 0.3 is 0 Å². The number of hydrogen-bond acceptors (Lipinski definition) is 5. The Kier molecular flexibility index (Phi) is 6.49. The molecule has 1 N–H and O–H groups in total. The van der Waals surface area contributed by atoms with Gasteiger partial charge in [0.1, 0.15) is 17.3 Å². The highest BCUT2D eigenvalue weighted by atomic mass is 16.5. The number of Topliss-reactive ketones (excluding diaryl/α,β-unsaturated/α-hetero) is 1. The summed E-state index contributed by atoms with van der Waals surface area (Å²) in [6.45, 7) is 2.64. The Hall–Kier alpha value is -3.28. The Bertz CT molecular complexity index is 1000. The summed E-state index contributed by atoms with van der Waals surface area (Å²) in [5.74, 6) is 0.0474. The van der Waals surface area contributed by atoms with Crippen LogP contribution in [0.15, 0.2) is 54.1 Å². The van der Waals surface area contributed by atoms with Gasteiger partial charge in [0.25, 0.3) is 11.7 Å². The van der Waals surface area contributed by atoms with Gasteiger partial charge in [0.2, 0.25) is 0 Å². The van der Waals surface area contributed by atoms with Gasteiger partial charge in [-0.05, 0) is 61.2 Å². The van der Waals surface area contributed by atoms with E-state index in [9.17, 15) is 14.7 Å². The molecule has 1 atom stereocenters. The minimum absolute atomic E-state index is 0.00586. The van der Waals surface area contributed by atoms with E-state index in [1.54, 1.807) is 36.3 Å². The van der Waals surface area contributed by atoms with Crippen molar-refractivity contribution in [2.24, 2.45) is 0 Å². The van der Waals surface area contributed by atoms with Crippen LogP contribution < -0.4 is 9.47 Å². The van der Waals surface area contributed by atoms with E-state index in [-0.39, 0.29) is 17.4 Å². The van der Waals surface area contributed by atoms with Crippen molar-refractivity contribution in [1.82, 2.24) is 4.90 Å². The number of ether oxygens (including phenoxy) is 2. The highest BCUT2D eigenvalue weighted by Gasteiger charge is 2.49. The van der Waals surface area contributed by atoms with Crippen LogP contribution in [0, 0.1) is 0 Å². The second kappa shape index (κ2) is 9.47. The summed E-state index contributed by atoms with van der Waals surface area (Å²) < 4.78 is 10.9. The number of carbonyl (C=O) groups excluding carboxylic acids is 2. The molecule has 2 aromatic rings. The molecule has 0 spiro atoms. The predicted octanol–water partition coefficient (Wildman–Crippen LogP) is 4.85. The monoisotopic (exact) mass is 435 g/mol. The van der Waals surface area contributed by atoms with Gasteiger partial charge in [-0.15, -0.1) is 0 Å². The van der Waals surface area contributed by atoms with Gasteiger partial charge in [0, 0.05) is 11.6 Å². The zero-order chi connectivity index (χ0) is 22.7. The van der Waals surface area contributed by atoms with Crippen LogP contribution in [0.2, 0.25) is 0 Å². The summed E-state index contributed by atoms with van der Waals surface area (Å²) in [7, 11) is 1.59. The lowest BCUT2D eigenvalue weighted by atomic mass is 9.94. The predicted molar refractivity (Wildman–Crippen MR) is 122 cm³/mol. The standard InChI is InChI=1S/C26H29NO5/c1-3-16-32-21-14-10-18(11-15-21)24(28)22-23(17-8-12-20(31-2)13-9-17)27(26(30)25(22)29)19-6-4-5-7-19/h8-15,19,23,28H,3-7,16H2,1-2H3/b24-22-. The fourth-order valence-corrected chi connectivity index (χ4v) is 4.61. The number of nitrogens with zero attached hydrogens (tertiary/aromatic N) is 1. The lowest BCUT2D eigenvalue weighted by Gasteiger charge is -2.30. The van der Waals surface area contributed by atoms with E-state index >= 15 is 0 Å². The van der Waals surface area contributed by atoms with Gasteiger partial charge in [0.05, 0.1) is 25.3 Å². The molecular weight excluding hydrogens is 406 g/mol. The van der Waals surface area contributed by atoms with Crippen molar-refractivity contribution in [2.45, 2.75) is 51.1 Å². The summed E-state index contributed by atoms with van der Waals surface area (Å²) in [6, 6.07) is 13.7. The maximum atomic E-state index is 13.1. The van der Waals surface area contributed by atoms with Gasteiger partial charge < -0.3 is 19.5 Å². The number of aliphatic hydroxyl groups is 1. The first-order chi connectivity index (χ1) is 15.5. The molecule has 1 heterocycles. The lowest BCUT2D eigenvalue weighted by Crippen LogP contribution is -2.37. The van der Waals surface area contributed by atoms with Crippen LogP contribution in [0.5, 0.6) is 11.5 Å². The van der Waals surface area contributed by atoms with E-state index in [1.165, 1.54) is 0 Å². The maximum Gasteiger partial charge on any atom is 0.295 e. The molecule has 2 fully saturated rings. The minimum atomic E-state index is -0.637. The van der Waals surface area contributed by atoms with E-state index in [1.807, 2.05) is 31.2 Å². The Labute approximate surface area is 188 Å². The van der Waals surface area contributed by atoms with Crippen molar-refractivity contribution < 1.29 is 24.2 Å². The van der Waals surface area contributed by atoms with Crippen LogP contribution in [-0.4, -0.2) is 41.5 Å². The van der Waals surface area contributed by atoms with Crippen molar-refractivity contribution in [3.8, 4) is 11.5 Å². The van der Waals surface area contributed by atoms with Crippen LogP contribution in [-0.2, 0) is 9.59 Å². The molecular formula is C26H29NO5. The molecule has 0 bridgehead atoms. The first-order valence-electron chi connectivity index (χ1n) is 11.2. The number of rotatable bonds is 7. The summed E-state index contributed by atoms with van der Waals surface area (Å²) in [5.41, 5.74) is 1.40. The quantitative estimate of drug-likeness (QED) is 0.382. The average Bonchev–Trinajstić information content (AvgIpc) is 3.44. The molecule has 1 unspecified atom stereocenters. The zero-order valence-electron chi connectivity index (χ0n) is 18.5. The molecule has 6 heteroatoms. The Morgan fingerprint density at radius 2 is 1.62 bits per heavy atom. The molecule has 4 rings (SSSR count). The van der Waals surface area contributed by atoms with Crippen molar-refractivity contribution in [1.29, 1.82) is 0 Å². The fraction of sp³-hybridized carbons (Fsp3) is 0.385. The number of hydrogen-bond donors (Lipinski definition) is 1. The SMILES string of the molecule is CCCOc1ccc(/C(O)=C2/C(=O)C(=O)N(C3CCCC3)C2c2ccc(OC)cc2)cc1. The number of methoxy groups -OCH3 is 1. The lowest BCUT2D eigenvalue weighted by molar-refractivity contribution is -0.141. The first-order valence-corrected chi connectivity index (χ1v) is 11.2. The number of likely N-dealkylation sites (tertiary alicyclic amines) is 1. The summed E-state index contributed by atoms with van der Waals surface area (Å²) >= 11 is 0. The van der Waals surface area contributed by atoms with Crippen molar-refractivity contribution in [3.05, 3.63) is 65.2 Å². The molecule has 1 saturated carbocycles. The second-order valence-corrected chi connectivity index (χ2v) is 8.29. The van der Waals surface area contributed by atoms with E-state index in [0.717, 1.165) is 37.7 Å². The Morgan fingerprint density at radius 1 is 1.00 bits per heavy atom. The van der Waals surface area contributed by atoms with Gasteiger partial charge in [-0.3, -0.25) is 9.59 Å². The van der Waals surface area contributed by atoms with Crippen LogP contribution in [0.25, 0.3) is 5.76 Å². The van der Waals surface area contributed by atoms with E-state index < -0.39 is 17.7 Å². The van der Waals surface area contributed by atoms with Crippen molar-refractivity contribution in [3.63, 3.8) is 0 Å². The third kappa shape index (κ3) is 4.09. The molecule has 168 valence electrons. The molecule has 0 radical (unpaired) electrons. The molecule has 1 aliphatic carbocycles. The van der Waals surface area contributed by atoms with Crippen LogP contribution in [0.3, 0.4) is 0 Å². The first kappa shape index (κ1) is 21.9. The number of aliphatic hydroxyl groups excluding tert-OH is 1. The molecule has 2 aromatic carbocycles. The molecule has 1 saturated heterocycles.